The van der Waals surface area contributed by atoms with Crippen LogP contribution in [0.4, 0.5) is 5.69 Å². The van der Waals surface area contributed by atoms with Crippen LogP contribution in [0.2, 0.25) is 5.02 Å². The van der Waals surface area contributed by atoms with Crippen molar-refractivity contribution in [3.8, 4) is 0 Å². The molecule has 2 aromatic carbocycles. The van der Waals surface area contributed by atoms with E-state index < -0.39 is 0 Å². The number of aryl methyl sites for hydroxylation is 1. The smallest absolute Gasteiger partial charge is 0.259 e. The van der Waals surface area contributed by atoms with E-state index in [0.717, 1.165) is 17.0 Å². The lowest BCUT2D eigenvalue weighted by atomic mass is 10.1. The first-order valence-electron chi connectivity index (χ1n) is 6.95. The number of hydrazone groups is 1. The molecule has 4 nitrogen and oxygen atoms in total. The van der Waals surface area contributed by atoms with E-state index >= 15 is 0 Å². The summed E-state index contributed by atoms with van der Waals surface area (Å²) in [5, 5.41) is 7.65. The van der Waals surface area contributed by atoms with Gasteiger partial charge in [-0.1, -0.05) is 53.6 Å². The third-order valence-corrected chi connectivity index (χ3v) is 3.46. The van der Waals surface area contributed by atoms with Gasteiger partial charge in [-0.25, -0.2) is 5.43 Å². The summed E-state index contributed by atoms with van der Waals surface area (Å²) in [7, 11) is 0. The summed E-state index contributed by atoms with van der Waals surface area (Å²) < 4.78 is 0. The topological polar surface area (TPSA) is 53.5 Å². The lowest BCUT2D eigenvalue weighted by molar-refractivity contribution is -0.119. The molecule has 0 heterocycles. The van der Waals surface area contributed by atoms with Crippen LogP contribution in [0, 0.1) is 6.92 Å². The summed E-state index contributed by atoms with van der Waals surface area (Å²) in [5.41, 5.74) is 6.17. The van der Waals surface area contributed by atoms with E-state index in [1.165, 1.54) is 5.56 Å². The molecule has 0 aliphatic heterocycles. The number of nitrogens with one attached hydrogen (secondary N) is 2. The number of para-hydroxylation sites is 1. The highest BCUT2D eigenvalue weighted by Gasteiger charge is 2.03. The molecule has 0 aromatic heterocycles. The fourth-order valence-electron chi connectivity index (χ4n) is 1.83. The first kappa shape index (κ1) is 16.0. The van der Waals surface area contributed by atoms with E-state index in [1.54, 1.807) is 6.07 Å². The Morgan fingerprint density at radius 1 is 1.14 bits per heavy atom. The maximum atomic E-state index is 11.8. The van der Waals surface area contributed by atoms with Crippen molar-refractivity contribution >= 4 is 28.9 Å². The average Bonchev–Trinajstić information content (AvgIpc) is 2.52. The zero-order chi connectivity index (χ0) is 15.9. The van der Waals surface area contributed by atoms with Crippen LogP contribution in [-0.2, 0) is 4.79 Å². The van der Waals surface area contributed by atoms with Crippen LogP contribution in [0.3, 0.4) is 0 Å². The number of anilines is 1. The molecule has 0 bridgehead atoms. The van der Waals surface area contributed by atoms with Gasteiger partial charge in [0.05, 0.1) is 23.0 Å². The summed E-state index contributed by atoms with van der Waals surface area (Å²) in [6, 6.07) is 15.2. The van der Waals surface area contributed by atoms with Crippen molar-refractivity contribution in [2.45, 2.75) is 13.8 Å². The number of hydrogen-bond acceptors (Lipinski definition) is 3. The van der Waals surface area contributed by atoms with Gasteiger partial charge in [-0.05, 0) is 31.5 Å². The lowest BCUT2D eigenvalue weighted by Crippen LogP contribution is -2.26. The zero-order valence-corrected chi connectivity index (χ0v) is 13.3. The summed E-state index contributed by atoms with van der Waals surface area (Å²) in [5.74, 6) is -0.230. The molecule has 0 unspecified atom stereocenters. The van der Waals surface area contributed by atoms with Crippen LogP contribution in [0.5, 0.6) is 0 Å². The van der Waals surface area contributed by atoms with Crippen molar-refractivity contribution in [1.82, 2.24) is 5.43 Å². The molecule has 0 atom stereocenters. The molecule has 2 aromatic rings. The highest BCUT2D eigenvalue weighted by Crippen LogP contribution is 2.19. The van der Waals surface area contributed by atoms with Crippen LogP contribution in [0.1, 0.15) is 18.1 Å². The van der Waals surface area contributed by atoms with Gasteiger partial charge < -0.3 is 5.32 Å². The molecule has 114 valence electrons. The molecule has 5 heteroatoms. The minimum atomic E-state index is -0.230. The highest BCUT2D eigenvalue weighted by molar-refractivity contribution is 6.33. The number of carbonyl (C=O) groups excluding carboxylic acids is 1. The molecule has 2 N–H and O–H groups in total. The molecule has 0 aliphatic carbocycles. The van der Waals surface area contributed by atoms with Gasteiger partial charge in [0.2, 0.25) is 0 Å². The molecule has 0 spiro atoms. The number of hydrogen-bond donors (Lipinski definition) is 2. The van der Waals surface area contributed by atoms with Crippen molar-refractivity contribution in [3.63, 3.8) is 0 Å². The van der Waals surface area contributed by atoms with E-state index in [2.05, 4.69) is 15.8 Å². The van der Waals surface area contributed by atoms with Crippen LogP contribution >= 0.6 is 11.6 Å². The summed E-state index contributed by atoms with van der Waals surface area (Å²) in [6.07, 6.45) is 0. The Morgan fingerprint density at radius 2 is 1.82 bits per heavy atom. The molecule has 0 fully saturated rings. The molecule has 1 amide bonds. The summed E-state index contributed by atoms with van der Waals surface area (Å²) >= 11 is 6.01. The second-order valence-corrected chi connectivity index (χ2v) is 5.34. The number of rotatable bonds is 5. The number of nitrogens with zero attached hydrogens (tertiary/aromatic N) is 1. The van der Waals surface area contributed by atoms with Crippen molar-refractivity contribution in [1.29, 1.82) is 0 Å². The minimum absolute atomic E-state index is 0.106. The van der Waals surface area contributed by atoms with E-state index in [0.29, 0.717) is 5.02 Å². The van der Waals surface area contributed by atoms with Crippen LogP contribution in [0.15, 0.2) is 53.6 Å². The Hall–Kier alpha value is -2.33. The normalized spacial score (nSPS) is 11.1. The zero-order valence-electron chi connectivity index (χ0n) is 12.6. The fourth-order valence-corrected chi connectivity index (χ4v) is 2.03. The third kappa shape index (κ3) is 4.60. The Morgan fingerprint density at radius 3 is 2.50 bits per heavy atom. The molecule has 0 radical (unpaired) electrons. The molecule has 2 rings (SSSR count). The van der Waals surface area contributed by atoms with Crippen molar-refractivity contribution in [2.75, 3.05) is 11.9 Å². The molecule has 22 heavy (non-hydrogen) atoms. The quantitative estimate of drug-likeness (QED) is 0.654. The summed E-state index contributed by atoms with van der Waals surface area (Å²) in [6.45, 7) is 3.99. The lowest BCUT2D eigenvalue weighted by Gasteiger charge is -2.07. The number of benzene rings is 2. The fraction of sp³-hybridized carbons (Fsp3) is 0.176. The maximum absolute atomic E-state index is 11.8. The third-order valence-electron chi connectivity index (χ3n) is 3.13. The Labute approximate surface area is 135 Å². The molecule has 0 saturated carbocycles. The average molecular weight is 316 g/mol. The Bertz CT molecular complexity index is 681. The molecule has 0 saturated heterocycles. The van der Waals surface area contributed by atoms with Gasteiger partial charge in [-0.2, -0.15) is 5.10 Å². The molecular weight excluding hydrogens is 298 g/mol. The number of carbonyl (C=O) groups is 1. The Balaban J connectivity index is 1.88. The van der Waals surface area contributed by atoms with E-state index in [9.17, 15) is 4.79 Å². The van der Waals surface area contributed by atoms with Crippen molar-refractivity contribution in [2.24, 2.45) is 5.10 Å². The molecule has 0 aliphatic rings. The standard InChI is InChI=1S/C17H18ClN3O/c1-12-7-9-14(10-8-12)13(2)20-21-17(22)11-19-16-6-4-3-5-15(16)18/h3-10,19H,11H2,1-2H3,(H,21,22). The minimum Gasteiger partial charge on any atom is -0.375 e. The Kier molecular flexibility index (Phi) is 5.55. The second-order valence-electron chi connectivity index (χ2n) is 4.93. The van der Waals surface area contributed by atoms with Gasteiger partial charge in [0.1, 0.15) is 0 Å². The van der Waals surface area contributed by atoms with Gasteiger partial charge in [0, 0.05) is 0 Å². The monoisotopic (exact) mass is 315 g/mol. The van der Waals surface area contributed by atoms with Crippen LogP contribution in [-0.4, -0.2) is 18.2 Å². The van der Waals surface area contributed by atoms with Crippen molar-refractivity contribution in [3.05, 3.63) is 64.7 Å². The highest BCUT2D eigenvalue weighted by atomic mass is 35.5. The van der Waals surface area contributed by atoms with E-state index in [4.69, 9.17) is 11.6 Å². The predicted molar refractivity (Wildman–Crippen MR) is 91.5 cm³/mol. The van der Waals surface area contributed by atoms with Gasteiger partial charge in [0.25, 0.3) is 5.91 Å². The number of halogens is 1. The van der Waals surface area contributed by atoms with Gasteiger partial charge >= 0.3 is 0 Å². The predicted octanol–water partition coefficient (Wildman–Crippen LogP) is 3.60. The maximum Gasteiger partial charge on any atom is 0.259 e. The van der Waals surface area contributed by atoms with E-state index in [-0.39, 0.29) is 12.5 Å². The van der Waals surface area contributed by atoms with Gasteiger partial charge in [-0.15, -0.1) is 0 Å². The summed E-state index contributed by atoms with van der Waals surface area (Å²) in [4.78, 5) is 11.8. The second kappa shape index (κ2) is 7.61. The van der Waals surface area contributed by atoms with Gasteiger partial charge in [0.15, 0.2) is 0 Å². The van der Waals surface area contributed by atoms with Crippen LogP contribution in [0.25, 0.3) is 0 Å². The number of amides is 1. The molecular formula is C17H18ClN3O. The largest absolute Gasteiger partial charge is 0.375 e. The van der Waals surface area contributed by atoms with Crippen LogP contribution < -0.4 is 10.7 Å². The van der Waals surface area contributed by atoms with E-state index in [1.807, 2.05) is 56.3 Å². The van der Waals surface area contributed by atoms with Gasteiger partial charge in [-0.3, -0.25) is 4.79 Å². The SMILES string of the molecule is CC(=NNC(=O)CNc1ccccc1Cl)c1ccc(C)cc1. The first-order valence-corrected chi connectivity index (χ1v) is 7.32. The van der Waals surface area contributed by atoms with Crippen molar-refractivity contribution < 1.29 is 4.79 Å². The first-order chi connectivity index (χ1) is 10.6.